The predicted octanol–water partition coefficient (Wildman–Crippen LogP) is 5.41. The van der Waals surface area contributed by atoms with Crippen molar-refractivity contribution in [3.63, 3.8) is 0 Å². The number of carbonyl (C=O) groups is 4. The first kappa shape index (κ1) is 39.9. The van der Waals surface area contributed by atoms with Crippen LogP contribution in [0.1, 0.15) is 89.4 Å². The van der Waals surface area contributed by atoms with Crippen molar-refractivity contribution in [3.8, 4) is 11.8 Å². The van der Waals surface area contributed by atoms with E-state index in [2.05, 4.69) is 75.9 Å². The maximum absolute atomic E-state index is 14.1. The fourth-order valence-corrected chi connectivity index (χ4v) is 11.7. The van der Waals surface area contributed by atoms with Crippen molar-refractivity contribution in [2.75, 3.05) is 55.6 Å². The predicted molar refractivity (Wildman–Crippen MR) is 236 cm³/mol. The lowest BCUT2D eigenvalue weighted by Crippen LogP contribution is -2.78. The highest BCUT2D eigenvalue weighted by Gasteiger charge is 2.69. The van der Waals surface area contributed by atoms with Gasteiger partial charge in [0.15, 0.2) is 0 Å². The average Bonchev–Trinajstić information content (AvgIpc) is 3.61. The van der Waals surface area contributed by atoms with Crippen LogP contribution in [0, 0.1) is 22.7 Å². The van der Waals surface area contributed by atoms with Crippen LogP contribution < -0.4 is 25.2 Å². The number of fused-ring (bicyclic) bond motifs is 3. The Morgan fingerprint density at radius 3 is 2.52 bits per heavy atom. The van der Waals surface area contributed by atoms with Gasteiger partial charge in [0.2, 0.25) is 11.8 Å². The fourth-order valence-electron chi connectivity index (χ4n) is 11.7. The van der Waals surface area contributed by atoms with Gasteiger partial charge < -0.3 is 24.8 Å². The van der Waals surface area contributed by atoms with E-state index in [1.807, 2.05) is 42.5 Å². The summed E-state index contributed by atoms with van der Waals surface area (Å²) in [5.41, 5.74) is 6.60. The Morgan fingerprint density at radius 1 is 0.984 bits per heavy atom. The highest BCUT2D eigenvalue weighted by molar-refractivity contribution is 6.05. The molecule has 13 nitrogen and oxygen atoms in total. The molecule has 6 aliphatic rings. The summed E-state index contributed by atoms with van der Waals surface area (Å²) in [6.45, 7) is 17.6. The van der Waals surface area contributed by atoms with Crippen LogP contribution in [0.25, 0.3) is 17.0 Å². The van der Waals surface area contributed by atoms with E-state index in [9.17, 15) is 24.4 Å². The van der Waals surface area contributed by atoms with Crippen molar-refractivity contribution in [1.29, 1.82) is 5.26 Å². The highest BCUT2D eigenvalue weighted by atomic mass is 16.5. The summed E-state index contributed by atoms with van der Waals surface area (Å²) in [5.74, 6) is 0.375. The minimum Gasteiger partial charge on any atom is -0.488 e. The minimum atomic E-state index is -0.609. The van der Waals surface area contributed by atoms with Crippen LogP contribution in [0.15, 0.2) is 67.4 Å². The van der Waals surface area contributed by atoms with E-state index >= 15 is 0 Å². The first-order chi connectivity index (χ1) is 29.9. The zero-order valence-electron chi connectivity index (χ0n) is 35.6. The summed E-state index contributed by atoms with van der Waals surface area (Å²) in [4.78, 5) is 65.0. The van der Waals surface area contributed by atoms with Crippen molar-refractivity contribution in [2.45, 2.75) is 76.6 Å². The number of hydrogen-bond donors (Lipinski definition) is 2. The van der Waals surface area contributed by atoms with E-state index in [-0.39, 0.29) is 47.6 Å². The third kappa shape index (κ3) is 6.32. The summed E-state index contributed by atoms with van der Waals surface area (Å²) >= 11 is 0. The van der Waals surface area contributed by atoms with Crippen LogP contribution in [0.5, 0.6) is 5.75 Å². The van der Waals surface area contributed by atoms with Crippen LogP contribution in [0.2, 0.25) is 0 Å². The van der Waals surface area contributed by atoms with Crippen LogP contribution in [0.4, 0.5) is 11.4 Å². The molecule has 1 aliphatic carbocycles. The normalized spacial score (nSPS) is 25.6. The molecule has 0 radical (unpaired) electrons. The Balaban J connectivity index is 0.738. The number of carbonyl (C=O) groups excluding carboxylic acids is 4. The average molecular weight is 833 g/mol. The second-order valence-corrected chi connectivity index (χ2v) is 18.8. The largest absolute Gasteiger partial charge is 0.488 e. The van der Waals surface area contributed by atoms with Crippen LogP contribution in [0.3, 0.4) is 0 Å². The van der Waals surface area contributed by atoms with Crippen molar-refractivity contribution in [3.05, 3.63) is 101 Å². The molecule has 2 N–H and O–H groups in total. The van der Waals surface area contributed by atoms with Crippen LogP contribution in [-0.2, 0) is 21.5 Å². The minimum absolute atomic E-state index is 0.138. The molecule has 62 heavy (non-hydrogen) atoms. The van der Waals surface area contributed by atoms with Gasteiger partial charge in [0.1, 0.15) is 24.0 Å². The second kappa shape index (κ2) is 15.0. The molecule has 4 fully saturated rings. The lowest BCUT2D eigenvalue weighted by Gasteiger charge is -2.66. The molecule has 6 heterocycles. The molecule has 3 aromatic carbocycles. The molecule has 4 atom stereocenters. The molecule has 3 saturated heterocycles. The summed E-state index contributed by atoms with van der Waals surface area (Å²) in [7, 11) is 0. The Morgan fingerprint density at radius 2 is 1.77 bits per heavy atom. The molecule has 10 rings (SSSR count). The van der Waals surface area contributed by atoms with Crippen molar-refractivity contribution >= 4 is 52.0 Å². The van der Waals surface area contributed by atoms with Gasteiger partial charge >= 0.3 is 0 Å². The molecule has 1 saturated carbocycles. The zero-order chi connectivity index (χ0) is 43.1. The second-order valence-electron chi connectivity index (χ2n) is 18.8. The maximum Gasteiger partial charge on any atom is 0.255 e. The number of pyridine rings is 1. The maximum atomic E-state index is 14.1. The molecule has 4 amide bonds. The van der Waals surface area contributed by atoms with Gasteiger partial charge in [-0.15, -0.1) is 0 Å². The summed E-state index contributed by atoms with van der Waals surface area (Å²) in [5, 5.41) is 16.4. The molecule has 5 aliphatic heterocycles. The Kier molecular flexibility index (Phi) is 9.63. The topological polar surface area (TPSA) is 151 Å². The van der Waals surface area contributed by atoms with Gasteiger partial charge in [-0.25, -0.2) is 0 Å². The lowest BCUT2D eigenvalue weighted by molar-refractivity contribution is -0.136. The molecule has 318 valence electrons. The number of aromatic nitrogens is 1. The fraction of sp³-hybridized carbons (Fsp3) is 0.429. The number of nitrogens with one attached hydrogen (secondary N) is 2. The number of imide groups is 1. The molecule has 4 aromatic rings. The highest BCUT2D eigenvalue weighted by Crippen LogP contribution is 2.61. The first-order valence-corrected chi connectivity index (χ1v) is 21.9. The number of piperidine rings is 2. The van der Waals surface area contributed by atoms with Gasteiger partial charge in [0.05, 0.1) is 22.5 Å². The number of nitrogens with zero attached hydrogens (tertiary/aromatic N) is 6. The van der Waals surface area contributed by atoms with Crippen molar-refractivity contribution in [1.82, 2.24) is 25.4 Å². The summed E-state index contributed by atoms with van der Waals surface area (Å²) < 4.78 is 6.62. The molecule has 13 heteroatoms. The third-order valence-corrected chi connectivity index (χ3v) is 14.9. The van der Waals surface area contributed by atoms with Gasteiger partial charge in [-0.3, -0.25) is 34.4 Å². The number of anilines is 2. The number of piperazine rings is 1. The molecule has 2 unspecified atom stereocenters. The van der Waals surface area contributed by atoms with Crippen molar-refractivity contribution in [2.24, 2.45) is 11.3 Å². The number of nitriles is 1. The summed E-state index contributed by atoms with van der Waals surface area (Å²) in [6, 6.07) is 19.0. The van der Waals surface area contributed by atoms with E-state index in [1.54, 1.807) is 17.2 Å². The summed E-state index contributed by atoms with van der Waals surface area (Å²) in [6.07, 6.45) is 6.21. The zero-order valence-corrected chi connectivity index (χ0v) is 35.6. The van der Waals surface area contributed by atoms with Crippen LogP contribution in [-0.4, -0.2) is 102 Å². The van der Waals surface area contributed by atoms with Gasteiger partial charge in [-0.2, -0.15) is 5.26 Å². The van der Waals surface area contributed by atoms with E-state index < -0.39 is 11.5 Å². The van der Waals surface area contributed by atoms with Gasteiger partial charge in [0.25, 0.3) is 11.8 Å². The van der Waals surface area contributed by atoms with E-state index in [1.165, 1.54) is 0 Å². The standard InChI is InChI=1S/C49H52N8O5/c1-5-30-24-31(43(59)53-46-48(2,3)47-49(46,4)36-14-17-51-42-32(26-50)7-12-39(62-47)41(36)42)6-10-37(30)56-18-15-29(16-19-56)27-54-20-22-55(23-21-54)34-8-9-35-33(25-34)28-57(45(35)61)38-11-13-40(58)52-44(38)60/h5-10,12,14,17,24-25,29,38,46-47H,1,11,13,15-16,18-23,27-28H2,2-4H3,(H,53,59)(H,52,58,60)/t38-,46?,47-,49?/m0/s1. The van der Waals surface area contributed by atoms with Gasteiger partial charge in [-0.05, 0) is 103 Å². The van der Waals surface area contributed by atoms with E-state index in [0.29, 0.717) is 41.1 Å². The molecular formula is C49H52N8O5. The number of amides is 4. The number of rotatable bonds is 8. The lowest BCUT2D eigenvalue weighted by atomic mass is 9.45. The third-order valence-electron chi connectivity index (χ3n) is 14.9. The molecule has 0 bridgehead atoms. The Bertz CT molecular complexity index is 2600. The number of ether oxygens (including phenoxy) is 1. The Labute approximate surface area is 361 Å². The van der Waals surface area contributed by atoms with E-state index in [0.717, 1.165) is 97.9 Å². The number of benzene rings is 3. The van der Waals surface area contributed by atoms with Gasteiger partial charge in [0, 0.05) is 98.3 Å². The number of hydrogen-bond acceptors (Lipinski definition) is 10. The molecular weight excluding hydrogens is 781 g/mol. The molecule has 1 aromatic heterocycles. The monoisotopic (exact) mass is 832 g/mol. The van der Waals surface area contributed by atoms with E-state index in [4.69, 9.17) is 4.74 Å². The first-order valence-electron chi connectivity index (χ1n) is 21.9. The molecule has 0 spiro atoms. The Hall–Kier alpha value is -6.26. The van der Waals surface area contributed by atoms with Gasteiger partial charge in [-0.1, -0.05) is 26.5 Å². The van der Waals surface area contributed by atoms with Crippen LogP contribution >= 0.6 is 0 Å². The van der Waals surface area contributed by atoms with Crippen molar-refractivity contribution < 1.29 is 23.9 Å². The smallest absolute Gasteiger partial charge is 0.255 e. The quantitative estimate of drug-likeness (QED) is 0.221. The SMILES string of the molecule is C=Cc1cc(C(=O)NC2C(C)(C)[C@@H]3Oc4ccc(C#N)c5nccc(c45)C23C)ccc1N1CCC(CN2CCN(c3ccc4c(c3)CN([C@H]3CCC(=O)NC3=O)C4=O)CC2)CC1.